The molecule has 0 aromatic heterocycles. The van der Waals surface area contributed by atoms with Gasteiger partial charge in [0.15, 0.2) is 0 Å². The van der Waals surface area contributed by atoms with E-state index in [9.17, 15) is 4.79 Å². The fraction of sp³-hybridized carbons (Fsp3) is 0.533. The summed E-state index contributed by atoms with van der Waals surface area (Å²) in [6.07, 6.45) is 3.85. The molecular formula is C15H22N2O. The smallest absolute Gasteiger partial charge is 0.239 e. The SMILES string of the molecule is CCCC(N)C(=O)N1CCCC1c1ccccc1. The third-order valence-corrected chi connectivity index (χ3v) is 3.64. The molecule has 1 aromatic rings. The van der Waals surface area contributed by atoms with Crippen molar-refractivity contribution in [3.8, 4) is 0 Å². The Morgan fingerprint density at radius 2 is 2.17 bits per heavy atom. The number of hydrogen-bond acceptors (Lipinski definition) is 2. The second kappa shape index (κ2) is 6.01. The number of likely N-dealkylation sites (tertiary alicyclic amines) is 1. The van der Waals surface area contributed by atoms with E-state index >= 15 is 0 Å². The molecule has 2 rings (SSSR count). The third kappa shape index (κ3) is 2.72. The molecule has 1 heterocycles. The molecular weight excluding hydrogens is 224 g/mol. The Bertz CT molecular complexity index is 391. The van der Waals surface area contributed by atoms with Crippen molar-refractivity contribution in [3.63, 3.8) is 0 Å². The predicted octanol–water partition coefficient (Wildman–Crippen LogP) is 2.48. The van der Waals surface area contributed by atoms with E-state index in [1.807, 2.05) is 23.1 Å². The summed E-state index contributed by atoms with van der Waals surface area (Å²) in [4.78, 5) is 14.3. The minimum Gasteiger partial charge on any atom is -0.334 e. The average Bonchev–Trinajstić information content (AvgIpc) is 2.88. The lowest BCUT2D eigenvalue weighted by molar-refractivity contribution is -0.133. The zero-order chi connectivity index (χ0) is 13.0. The molecule has 0 saturated carbocycles. The number of amides is 1. The highest BCUT2D eigenvalue weighted by Gasteiger charge is 2.31. The zero-order valence-electron chi connectivity index (χ0n) is 11.0. The van der Waals surface area contributed by atoms with Crippen LogP contribution in [0.15, 0.2) is 30.3 Å². The Balaban J connectivity index is 2.10. The summed E-state index contributed by atoms with van der Waals surface area (Å²) in [7, 11) is 0. The van der Waals surface area contributed by atoms with Gasteiger partial charge in [-0.25, -0.2) is 0 Å². The minimum atomic E-state index is -0.334. The minimum absolute atomic E-state index is 0.114. The number of hydrogen-bond donors (Lipinski definition) is 1. The van der Waals surface area contributed by atoms with Crippen LogP contribution in [0.25, 0.3) is 0 Å². The van der Waals surface area contributed by atoms with Crippen LogP contribution in [0.4, 0.5) is 0 Å². The van der Waals surface area contributed by atoms with Crippen LogP contribution in [-0.4, -0.2) is 23.4 Å². The van der Waals surface area contributed by atoms with E-state index in [2.05, 4.69) is 19.1 Å². The van der Waals surface area contributed by atoms with E-state index in [1.165, 1.54) is 5.56 Å². The molecule has 1 aliphatic rings. The maximum absolute atomic E-state index is 12.3. The van der Waals surface area contributed by atoms with Crippen molar-refractivity contribution < 1.29 is 4.79 Å². The standard InChI is InChI=1S/C15H22N2O/c1-2-7-13(16)15(18)17-11-6-10-14(17)12-8-4-3-5-9-12/h3-5,8-9,13-14H,2,6-7,10-11,16H2,1H3. The molecule has 2 atom stereocenters. The molecule has 2 N–H and O–H groups in total. The van der Waals surface area contributed by atoms with Crippen LogP contribution in [0.2, 0.25) is 0 Å². The molecule has 2 unspecified atom stereocenters. The van der Waals surface area contributed by atoms with Crippen molar-refractivity contribution in [1.29, 1.82) is 0 Å². The van der Waals surface area contributed by atoms with Crippen molar-refractivity contribution in [2.24, 2.45) is 5.73 Å². The second-order valence-corrected chi connectivity index (χ2v) is 5.00. The van der Waals surface area contributed by atoms with E-state index < -0.39 is 0 Å². The van der Waals surface area contributed by atoms with Gasteiger partial charge >= 0.3 is 0 Å². The van der Waals surface area contributed by atoms with Gasteiger partial charge in [0.05, 0.1) is 12.1 Å². The molecule has 3 nitrogen and oxygen atoms in total. The van der Waals surface area contributed by atoms with Gasteiger partial charge in [-0.2, -0.15) is 0 Å². The van der Waals surface area contributed by atoms with Crippen molar-refractivity contribution in [1.82, 2.24) is 4.90 Å². The Morgan fingerprint density at radius 3 is 2.83 bits per heavy atom. The van der Waals surface area contributed by atoms with E-state index in [0.29, 0.717) is 0 Å². The first kappa shape index (κ1) is 13.1. The highest BCUT2D eigenvalue weighted by Crippen LogP contribution is 2.32. The summed E-state index contributed by atoms with van der Waals surface area (Å²) in [6.45, 7) is 2.90. The van der Waals surface area contributed by atoms with Crippen LogP contribution in [0.3, 0.4) is 0 Å². The van der Waals surface area contributed by atoms with Crippen LogP contribution in [0, 0.1) is 0 Å². The monoisotopic (exact) mass is 246 g/mol. The van der Waals surface area contributed by atoms with Crippen molar-refractivity contribution in [2.45, 2.75) is 44.7 Å². The first-order chi connectivity index (χ1) is 8.74. The molecule has 1 fully saturated rings. The zero-order valence-corrected chi connectivity index (χ0v) is 11.0. The van der Waals surface area contributed by atoms with Crippen LogP contribution in [-0.2, 0) is 4.79 Å². The molecule has 1 aliphatic heterocycles. The molecule has 18 heavy (non-hydrogen) atoms. The molecule has 0 spiro atoms. The van der Waals surface area contributed by atoms with E-state index in [1.54, 1.807) is 0 Å². The Kier molecular flexibility index (Phi) is 4.37. The van der Waals surface area contributed by atoms with Crippen LogP contribution in [0.1, 0.15) is 44.2 Å². The van der Waals surface area contributed by atoms with Gasteiger partial charge in [-0.15, -0.1) is 0 Å². The van der Waals surface area contributed by atoms with Gasteiger partial charge < -0.3 is 10.6 Å². The highest BCUT2D eigenvalue weighted by atomic mass is 16.2. The lowest BCUT2D eigenvalue weighted by Gasteiger charge is -2.27. The van der Waals surface area contributed by atoms with Gasteiger partial charge in [0.2, 0.25) is 5.91 Å². The lowest BCUT2D eigenvalue weighted by Crippen LogP contribution is -2.43. The molecule has 0 bridgehead atoms. The fourth-order valence-corrected chi connectivity index (χ4v) is 2.70. The number of nitrogens with two attached hydrogens (primary N) is 1. The number of nitrogens with zero attached hydrogens (tertiary/aromatic N) is 1. The van der Waals surface area contributed by atoms with Crippen LogP contribution in [0.5, 0.6) is 0 Å². The van der Waals surface area contributed by atoms with Gasteiger partial charge in [0.25, 0.3) is 0 Å². The largest absolute Gasteiger partial charge is 0.334 e. The van der Waals surface area contributed by atoms with Gasteiger partial charge in [0, 0.05) is 6.54 Å². The van der Waals surface area contributed by atoms with Crippen molar-refractivity contribution >= 4 is 5.91 Å². The molecule has 98 valence electrons. The molecule has 1 saturated heterocycles. The summed E-state index contributed by atoms with van der Waals surface area (Å²) in [6, 6.07) is 10.2. The number of carbonyl (C=O) groups excluding carboxylic acids is 1. The van der Waals surface area contributed by atoms with Gasteiger partial charge in [-0.05, 0) is 24.8 Å². The Morgan fingerprint density at radius 1 is 1.44 bits per heavy atom. The van der Waals surface area contributed by atoms with Crippen molar-refractivity contribution in [3.05, 3.63) is 35.9 Å². The fourth-order valence-electron chi connectivity index (χ4n) is 2.70. The maximum atomic E-state index is 12.3. The summed E-state index contributed by atoms with van der Waals surface area (Å²) < 4.78 is 0. The maximum Gasteiger partial charge on any atom is 0.239 e. The number of carbonyl (C=O) groups is 1. The molecule has 3 heteroatoms. The average molecular weight is 246 g/mol. The van der Waals surface area contributed by atoms with Gasteiger partial charge in [0.1, 0.15) is 0 Å². The number of benzene rings is 1. The van der Waals surface area contributed by atoms with Crippen molar-refractivity contribution in [2.75, 3.05) is 6.54 Å². The summed E-state index contributed by atoms with van der Waals surface area (Å²) in [5.74, 6) is 0.114. The number of rotatable bonds is 4. The van der Waals surface area contributed by atoms with Crippen LogP contribution < -0.4 is 5.73 Å². The molecule has 1 aromatic carbocycles. The molecule has 0 aliphatic carbocycles. The van der Waals surface area contributed by atoms with E-state index in [0.717, 1.165) is 32.2 Å². The Hall–Kier alpha value is -1.35. The second-order valence-electron chi connectivity index (χ2n) is 5.00. The van der Waals surface area contributed by atoms with Gasteiger partial charge in [-0.1, -0.05) is 43.7 Å². The Labute approximate surface area is 109 Å². The quantitative estimate of drug-likeness (QED) is 0.887. The first-order valence-electron chi connectivity index (χ1n) is 6.85. The third-order valence-electron chi connectivity index (χ3n) is 3.64. The highest BCUT2D eigenvalue weighted by molar-refractivity contribution is 5.82. The summed E-state index contributed by atoms with van der Waals surface area (Å²) >= 11 is 0. The summed E-state index contributed by atoms with van der Waals surface area (Å²) in [5, 5.41) is 0. The molecule has 0 radical (unpaired) electrons. The van der Waals surface area contributed by atoms with Crippen LogP contribution >= 0.6 is 0 Å². The first-order valence-corrected chi connectivity index (χ1v) is 6.85. The van der Waals surface area contributed by atoms with E-state index in [-0.39, 0.29) is 18.0 Å². The normalized spacial score (nSPS) is 21.0. The topological polar surface area (TPSA) is 46.3 Å². The van der Waals surface area contributed by atoms with E-state index in [4.69, 9.17) is 5.73 Å². The molecule has 1 amide bonds. The van der Waals surface area contributed by atoms with Gasteiger partial charge in [-0.3, -0.25) is 4.79 Å². The predicted molar refractivity (Wildman–Crippen MR) is 73.0 cm³/mol. The lowest BCUT2D eigenvalue weighted by atomic mass is 10.0. The summed E-state index contributed by atoms with van der Waals surface area (Å²) in [5.41, 5.74) is 7.19.